The number of hydrogen-bond acceptors (Lipinski definition) is 3. The van der Waals surface area contributed by atoms with E-state index in [1.165, 1.54) is 0 Å². The number of hydrogen-bond donors (Lipinski definition) is 1. The van der Waals surface area contributed by atoms with Crippen LogP contribution in [0, 0.1) is 6.92 Å². The van der Waals surface area contributed by atoms with Gasteiger partial charge < -0.3 is 5.11 Å². The summed E-state index contributed by atoms with van der Waals surface area (Å²) < 4.78 is 27.7. The Morgan fingerprint density at radius 3 is 2.44 bits per heavy atom. The van der Waals surface area contributed by atoms with E-state index in [2.05, 4.69) is 0 Å². The van der Waals surface area contributed by atoms with Crippen LogP contribution in [-0.2, 0) is 10.0 Å². The second kappa shape index (κ2) is 7.68. The fourth-order valence-electron chi connectivity index (χ4n) is 3.44. The molecule has 5 heteroatoms. The fraction of sp³-hybridized carbons (Fsp3) is 0.400. The molecule has 1 aliphatic rings. The maximum absolute atomic E-state index is 13.1. The standard InChI is InChI=1S/C20H25NO3S/c1-16-10-12-19(13-11-16)25(23,24)21-14-6-5-9-18(21)15-20(22)17-7-3-2-4-8-17/h2-4,7-8,10-13,18,20,22H,5-6,9,14-15H2,1H3/t18-,20-/m0/s1. The third kappa shape index (κ3) is 4.11. The lowest BCUT2D eigenvalue weighted by molar-refractivity contribution is 0.118. The highest BCUT2D eigenvalue weighted by Crippen LogP contribution is 2.31. The smallest absolute Gasteiger partial charge is 0.243 e. The van der Waals surface area contributed by atoms with E-state index in [-0.39, 0.29) is 6.04 Å². The summed E-state index contributed by atoms with van der Waals surface area (Å²) in [5, 5.41) is 10.5. The normalized spacial score (nSPS) is 20.3. The van der Waals surface area contributed by atoms with E-state index >= 15 is 0 Å². The molecule has 134 valence electrons. The molecule has 0 radical (unpaired) electrons. The minimum atomic E-state index is -3.53. The third-order valence-corrected chi connectivity index (χ3v) is 6.85. The molecule has 0 bridgehead atoms. The molecular formula is C20H25NO3S. The number of aryl methyl sites for hydroxylation is 1. The highest BCUT2D eigenvalue weighted by molar-refractivity contribution is 7.89. The van der Waals surface area contributed by atoms with Gasteiger partial charge in [-0.05, 0) is 43.9 Å². The summed E-state index contributed by atoms with van der Waals surface area (Å²) >= 11 is 0. The van der Waals surface area contributed by atoms with Crippen molar-refractivity contribution in [3.63, 3.8) is 0 Å². The predicted octanol–water partition coefficient (Wildman–Crippen LogP) is 3.66. The number of rotatable bonds is 5. The van der Waals surface area contributed by atoms with Crippen LogP contribution in [0.5, 0.6) is 0 Å². The molecule has 0 spiro atoms. The van der Waals surface area contributed by atoms with E-state index < -0.39 is 16.1 Å². The van der Waals surface area contributed by atoms with Crippen LogP contribution in [0.1, 0.15) is 42.9 Å². The SMILES string of the molecule is Cc1ccc(S(=O)(=O)N2CCCC[C@H]2C[C@H](O)c2ccccc2)cc1. The highest BCUT2D eigenvalue weighted by atomic mass is 32.2. The van der Waals surface area contributed by atoms with Crippen molar-refractivity contribution in [3.05, 3.63) is 65.7 Å². The third-order valence-electron chi connectivity index (χ3n) is 4.88. The van der Waals surface area contributed by atoms with Crippen molar-refractivity contribution < 1.29 is 13.5 Å². The summed E-state index contributed by atoms with van der Waals surface area (Å²) in [7, 11) is -3.53. The highest BCUT2D eigenvalue weighted by Gasteiger charge is 2.34. The Balaban J connectivity index is 1.82. The van der Waals surface area contributed by atoms with Crippen molar-refractivity contribution in [2.45, 2.75) is 49.6 Å². The zero-order valence-electron chi connectivity index (χ0n) is 14.5. The number of nitrogens with zero attached hydrogens (tertiary/aromatic N) is 1. The predicted molar refractivity (Wildman–Crippen MR) is 98.7 cm³/mol. The van der Waals surface area contributed by atoms with Gasteiger partial charge >= 0.3 is 0 Å². The van der Waals surface area contributed by atoms with Gasteiger partial charge in [-0.3, -0.25) is 0 Å². The molecule has 2 atom stereocenters. The van der Waals surface area contributed by atoms with Crippen molar-refractivity contribution in [2.75, 3.05) is 6.54 Å². The zero-order valence-corrected chi connectivity index (χ0v) is 15.3. The van der Waals surface area contributed by atoms with Crippen LogP contribution >= 0.6 is 0 Å². The molecule has 4 nitrogen and oxygen atoms in total. The van der Waals surface area contributed by atoms with E-state index in [1.54, 1.807) is 16.4 Å². The molecule has 0 saturated carbocycles. The largest absolute Gasteiger partial charge is 0.388 e. The molecule has 1 heterocycles. The summed E-state index contributed by atoms with van der Waals surface area (Å²) in [6.45, 7) is 2.46. The summed E-state index contributed by atoms with van der Waals surface area (Å²) in [4.78, 5) is 0.333. The second-order valence-corrected chi connectivity index (χ2v) is 8.63. The molecule has 25 heavy (non-hydrogen) atoms. The van der Waals surface area contributed by atoms with Crippen molar-refractivity contribution in [1.82, 2.24) is 4.31 Å². The Bertz CT molecular complexity index is 787. The molecule has 0 aromatic heterocycles. The van der Waals surface area contributed by atoms with Crippen molar-refractivity contribution in [2.24, 2.45) is 0 Å². The van der Waals surface area contributed by atoms with Crippen LogP contribution in [0.3, 0.4) is 0 Å². The summed E-state index contributed by atoms with van der Waals surface area (Å²) in [5.74, 6) is 0. The van der Waals surface area contributed by atoms with Gasteiger partial charge in [-0.1, -0.05) is 54.4 Å². The summed E-state index contributed by atoms with van der Waals surface area (Å²) in [6, 6.07) is 16.3. The van der Waals surface area contributed by atoms with E-state index in [1.807, 2.05) is 49.4 Å². The molecular weight excluding hydrogens is 334 g/mol. The monoisotopic (exact) mass is 359 g/mol. The van der Waals surface area contributed by atoms with Crippen LogP contribution in [0.2, 0.25) is 0 Å². The molecule has 2 aromatic rings. The van der Waals surface area contributed by atoms with E-state index in [4.69, 9.17) is 0 Å². The molecule has 2 aromatic carbocycles. The van der Waals surface area contributed by atoms with Gasteiger partial charge in [0.05, 0.1) is 11.0 Å². The molecule has 1 N–H and O–H groups in total. The molecule has 0 unspecified atom stereocenters. The first-order valence-corrected chi connectivity index (χ1v) is 10.2. The topological polar surface area (TPSA) is 57.6 Å². The lowest BCUT2D eigenvalue weighted by atomic mass is 9.96. The Morgan fingerprint density at radius 1 is 1.08 bits per heavy atom. The molecule has 1 saturated heterocycles. The number of aliphatic hydroxyl groups is 1. The Hall–Kier alpha value is -1.69. The second-order valence-electron chi connectivity index (χ2n) is 6.74. The van der Waals surface area contributed by atoms with Crippen LogP contribution in [0.25, 0.3) is 0 Å². The fourth-order valence-corrected chi connectivity index (χ4v) is 5.14. The lowest BCUT2D eigenvalue weighted by Crippen LogP contribution is -2.44. The number of aliphatic hydroxyl groups excluding tert-OH is 1. The maximum Gasteiger partial charge on any atom is 0.243 e. The first kappa shape index (κ1) is 18.1. The molecule has 0 aliphatic carbocycles. The Kier molecular flexibility index (Phi) is 5.57. The van der Waals surface area contributed by atoms with Gasteiger partial charge in [0.2, 0.25) is 10.0 Å². The van der Waals surface area contributed by atoms with Crippen LogP contribution in [-0.4, -0.2) is 30.4 Å². The Morgan fingerprint density at radius 2 is 1.76 bits per heavy atom. The maximum atomic E-state index is 13.1. The lowest BCUT2D eigenvalue weighted by Gasteiger charge is -2.35. The van der Waals surface area contributed by atoms with Gasteiger partial charge in [0.25, 0.3) is 0 Å². The Labute approximate surface area is 150 Å². The summed E-state index contributed by atoms with van der Waals surface area (Å²) in [5.41, 5.74) is 1.87. The summed E-state index contributed by atoms with van der Waals surface area (Å²) in [6.07, 6.45) is 2.42. The average Bonchev–Trinajstić information content (AvgIpc) is 2.63. The quantitative estimate of drug-likeness (QED) is 0.886. The van der Waals surface area contributed by atoms with Gasteiger partial charge in [0.1, 0.15) is 0 Å². The van der Waals surface area contributed by atoms with Crippen molar-refractivity contribution in [1.29, 1.82) is 0 Å². The number of piperidine rings is 1. The molecule has 3 rings (SSSR count). The van der Waals surface area contributed by atoms with E-state index in [0.717, 1.165) is 30.4 Å². The number of benzene rings is 2. The van der Waals surface area contributed by atoms with Gasteiger partial charge in [-0.2, -0.15) is 4.31 Å². The molecule has 1 aliphatic heterocycles. The van der Waals surface area contributed by atoms with Crippen LogP contribution in [0.4, 0.5) is 0 Å². The van der Waals surface area contributed by atoms with Crippen LogP contribution in [0.15, 0.2) is 59.5 Å². The van der Waals surface area contributed by atoms with Gasteiger partial charge in [-0.15, -0.1) is 0 Å². The van der Waals surface area contributed by atoms with Crippen LogP contribution < -0.4 is 0 Å². The minimum Gasteiger partial charge on any atom is -0.388 e. The van der Waals surface area contributed by atoms with Gasteiger partial charge in [-0.25, -0.2) is 8.42 Å². The number of sulfonamides is 1. The van der Waals surface area contributed by atoms with Gasteiger partial charge in [0, 0.05) is 12.6 Å². The first-order valence-electron chi connectivity index (χ1n) is 8.80. The molecule has 1 fully saturated rings. The minimum absolute atomic E-state index is 0.171. The first-order chi connectivity index (χ1) is 12.0. The van der Waals surface area contributed by atoms with Crippen molar-refractivity contribution >= 4 is 10.0 Å². The van der Waals surface area contributed by atoms with E-state index in [0.29, 0.717) is 17.9 Å². The molecule has 0 amide bonds. The zero-order chi connectivity index (χ0) is 17.9. The van der Waals surface area contributed by atoms with Crippen molar-refractivity contribution in [3.8, 4) is 0 Å². The average molecular weight is 359 g/mol. The van der Waals surface area contributed by atoms with Gasteiger partial charge in [0.15, 0.2) is 0 Å². The van der Waals surface area contributed by atoms with E-state index in [9.17, 15) is 13.5 Å².